The van der Waals surface area contributed by atoms with Crippen LogP contribution in [0.3, 0.4) is 0 Å². The molecule has 2 heteroatoms. The van der Waals surface area contributed by atoms with Crippen molar-refractivity contribution in [2.45, 2.75) is 32.1 Å². The molecule has 0 N–H and O–H groups in total. The molecule has 0 bridgehead atoms. The van der Waals surface area contributed by atoms with Gasteiger partial charge in [0.05, 0.1) is 0 Å². The van der Waals surface area contributed by atoms with E-state index in [1.165, 1.54) is 61.2 Å². The lowest BCUT2D eigenvalue weighted by Gasteiger charge is -2.26. The third-order valence-corrected chi connectivity index (χ3v) is 5.38. The van der Waals surface area contributed by atoms with Crippen LogP contribution >= 0.6 is 0 Å². The maximum Gasteiger partial charge on any atom is 0.123 e. The number of likely N-dealkylation sites (tertiary alicyclic amines) is 1. The lowest BCUT2D eigenvalue weighted by Crippen LogP contribution is -2.30. The largest absolute Gasteiger partial charge is 0.303 e. The Morgan fingerprint density at radius 3 is 2.42 bits per heavy atom. The van der Waals surface area contributed by atoms with E-state index in [2.05, 4.69) is 29.2 Å². The van der Waals surface area contributed by atoms with Crippen LogP contribution in [0.4, 0.5) is 4.39 Å². The van der Waals surface area contributed by atoms with Gasteiger partial charge >= 0.3 is 0 Å². The average Bonchev–Trinajstić information content (AvgIpc) is 3.05. The average molecular weight is 321 g/mol. The van der Waals surface area contributed by atoms with Crippen LogP contribution in [0.1, 0.15) is 36.8 Å². The Kier molecular flexibility index (Phi) is 4.48. The summed E-state index contributed by atoms with van der Waals surface area (Å²) in [5, 5.41) is 0. The lowest BCUT2D eigenvalue weighted by molar-refractivity contribution is 0.234. The number of rotatable bonds is 4. The molecule has 124 valence electrons. The fraction of sp³-hybridized carbons (Fsp3) is 0.364. The lowest BCUT2D eigenvalue weighted by atomic mass is 9.94. The van der Waals surface area contributed by atoms with Gasteiger partial charge in [0.2, 0.25) is 0 Å². The summed E-state index contributed by atoms with van der Waals surface area (Å²) >= 11 is 0. The van der Waals surface area contributed by atoms with Gasteiger partial charge in [-0.15, -0.1) is 0 Å². The van der Waals surface area contributed by atoms with Crippen molar-refractivity contribution >= 4 is 5.57 Å². The van der Waals surface area contributed by atoms with Crippen molar-refractivity contribution in [1.29, 1.82) is 0 Å². The standard InChI is InChI=1S/C22H24FN/c23-19-10-7-17(8-11-19)20-5-4-6-21-18(9-12-22(20)21)13-16-24-14-2-1-3-15-24/h4-11H,1-3,12-16H2. The first kappa shape index (κ1) is 15.6. The summed E-state index contributed by atoms with van der Waals surface area (Å²) in [5.41, 5.74) is 6.64. The highest BCUT2D eigenvalue weighted by Gasteiger charge is 2.19. The number of nitrogens with zero attached hydrogens (tertiary/aromatic N) is 1. The van der Waals surface area contributed by atoms with E-state index in [0.29, 0.717) is 0 Å². The Balaban J connectivity index is 1.52. The summed E-state index contributed by atoms with van der Waals surface area (Å²) in [5.74, 6) is -0.174. The summed E-state index contributed by atoms with van der Waals surface area (Å²) in [6, 6.07) is 13.4. The molecule has 0 unspecified atom stereocenters. The third kappa shape index (κ3) is 3.16. The minimum atomic E-state index is -0.174. The maximum absolute atomic E-state index is 13.2. The number of piperidine rings is 1. The van der Waals surface area contributed by atoms with Gasteiger partial charge in [-0.25, -0.2) is 4.39 Å². The van der Waals surface area contributed by atoms with Gasteiger partial charge in [-0.05, 0) is 78.7 Å². The molecule has 2 aromatic rings. The first-order chi connectivity index (χ1) is 11.8. The normalized spacial score (nSPS) is 17.6. The molecule has 0 atom stereocenters. The molecule has 1 fully saturated rings. The van der Waals surface area contributed by atoms with Gasteiger partial charge in [-0.3, -0.25) is 0 Å². The molecular formula is C22H24FN. The number of hydrogen-bond acceptors (Lipinski definition) is 1. The van der Waals surface area contributed by atoms with Gasteiger partial charge in [-0.2, -0.15) is 0 Å². The Labute approximate surface area is 143 Å². The monoisotopic (exact) mass is 321 g/mol. The molecule has 0 radical (unpaired) electrons. The molecule has 0 saturated carbocycles. The molecule has 0 spiro atoms. The second kappa shape index (κ2) is 6.90. The van der Waals surface area contributed by atoms with Crippen LogP contribution in [-0.4, -0.2) is 24.5 Å². The number of benzene rings is 2. The van der Waals surface area contributed by atoms with E-state index in [9.17, 15) is 4.39 Å². The smallest absolute Gasteiger partial charge is 0.123 e. The van der Waals surface area contributed by atoms with Crippen molar-refractivity contribution in [3.8, 4) is 11.1 Å². The van der Waals surface area contributed by atoms with Gasteiger partial charge in [0.25, 0.3) is 0 Å². The third-order valence-electron chi connectivity index (χ3n) is 5.38. The minimum Gasteiger partial charge on any atom is -0.303 e. The summed E-state index contributed by atoms with van der Waals surface area (Å²) in [6.07, 6.45) is 8.62. The van der Waals surface area contributed by atoms with Gasteiger partial charge in [0.1, 0.15) is 5.82 Å². The van der Waals surface area contributed by atoms with Crippen LogP contribution in [0.2, 0.25) is 0 Å². The van der Waals surface area contributed by atoms with Crippen molar-refractivity contribution in [3.05, 3.63) is 65.5 Å². The summed E-state index contributed by atoms with van der Waals surface area (Å²) in [6.45, 7) is 3.69. The molecule has 2 aliphatic rings. The van der Waals surface area contributed by atoms with E-state index in [0.717, 1.165) is 18.4 Å². The zero-order chi connectivity index (χ0) is 16.4. The Morgan fingerprint density at radius 1 is 0.875 bits per heavy atom. The molecule has 4 rings (SSSR count). The highest BCUT2D eigenvalue weighted by molar-refractivity contribution is 5.81. The highest BCUT2D eigenvalue weighted by atomic mass is 19.1. The number of allylic oxidation sites excluding steroid dienone is 1. The van der Waals surface area contributed by atoms with Gasteiger partial charge < -0.3 is 4.90 Å². The van der Waals surface area contributed by atoms with Crippen molar-refractivity contribution in [3.63, 3.8) is 0 Å². The van der Waals surface area contributed by atoms with Crippen LogP contribution in [-0.2, 0) is 6.42 Å². The molecule has 0 aromatic heterocycles. The molecule has 1 aliphatic heterocycles. The van der Waals surface area contributed by atoms with Crippen LogP contribution in [0.15, 0.2) is 48.5 Å². The minimum absolute atomic E-state index is 0.174. The number of hydrogen-bond donors (Lipinski definition) is 0. The van der Waals surface area contributed by atoms with Crippen molar-refractivity contribution in [2.75, 3.05) is 19.6 Å². The predicted molar refractivity (Wildman–Crippen MR) is 98.4 cm³/mol. The molecule has 1 nitrogen and oxygen atoms in total. The van der Waals surface area contributed by atoms with E-state index in [4.69, 9.17) is 0 Å². The molecule has 1 heterocycles. The Bertz CT molecular complexity index is 739. The first-order valence-corrected chi connectivity index (χ1v) is 9.11. The van der Waals surface area contributed by atoms with Gasteiger partial charge in [0, 0.05) is 6.54 Å². The summed E-state index contributed by atoms with van der Waals surface area (Å²) < 4.78 is 13.2. The zero-order valence-corrected chi connectivity index (χ0v) is 14.1. The van der Waals surface area contributed by atoms with Crippen LogP contribution in [0, 0.1) is 5.82 Å². The Morgan fingerprint density at radius 2 is 1.62 bits per heavy atom. The SMILES string of the molecule is Fc1ccc(-c2cccc3c2CC=C3CCN2CCCCC2)cc1. The molecule has 0 amide bonds. The maximum atomic E-state index is 13.2. The van der Waals surface area contributed by atoms with Crippen LogP contribution in [0.25, 0.3) is 16.7 Å². The van der Waals surface area contributed by atoms with Crippen LogP contribution < -0.4 is 0 Å². The van der Waals surface area contributed by atoms with Gasteiger partial charge in [-0.1, -0.05) is 42.8 Å². The predicted octanol–water partition coefficient (Wildman–Crippen LogP) is 5.31. The quantitative estimate of drug-likeness (QED) is 0.738. The number of fused-ring (bicyclic) bond motifs is 1. The number of halogens is 1. The second-order valence-corrected chi connectivity index (χ2v) is 6.92. The van der Waals surface area contributed by atoms with E-state index < -0.39 is 0 Å². The summed E-state index contributed by atoms with van der Waals surface area (Å²) in [7, 11) is 0. The van der Waals surface area contributed by atoms with Crippen molar-refractivity contribution < 1.29 is 4.39 Å². The Hall–Kier alpha value is -1.93. The highest BCUT2D eigenvalue weighted by Crippen LogP contribution is 2.36. The first-order valence-electron chi connectivity index (χ1n) is 9.11. The second-order valence-electron chi connectivity index (χ2n) is 6.92. The molecular weight excluding hydrogens is 297 g/mol. The van der Waals surface area contributed by atoms with E-state index in [1.54, 1.807) is 12.1 Å². The van der Waals surface area contributed by atoms with Crippen molar-refractivity contribution in [2.24, 2.45) is 0 Å². The summed E-state index contributed by atoms with van der Waals surface area (Å²) in [4.78, 5) is 2.60. The van der Waals surface area contributed by atoms with Crippen molar-refractivity contribution in [1.82, 2.24) is 4.90 Å². The fourth-order valence-electron chi connectivity index (χ4n) is 4.04. The fourth-order valence-corrected chi connectivity index (χ4v) is 4.04. The van der Waals surface area contributed by atoms with E-state index in [-0.39, 0.29) is 5.82 Å². The molecule has 1 saturated heterocycles. The van der Waals surface area contributed by atoms with E-state index >= 15 is 0 Å². The van der Waals surface area contributed by atoms with E-state index in [1.807, 2.05) is 12.1 Å². The zero-order valence-electron chi connectivity index (χ0n) is 14.1. The molecule has 24 heavy (non-hydrogen) atoms. The topological polar surface area (TPSA) is 3.24 Å². The molecule has 2 aromatic carbocycles. The van der Waals surface area contributed by atoms with Crippen LogP contribution in [0.5, 0.6) is 0 Å². The molecule has 1 aliphatic carbocycles. The van der Waals surface area contributed by atoms with Gasteiger partial charge in [0.15, 0.2) is 0 Å².